The number of para-hydroxylation sites is 1. The van der Waals surface area contributed by atoms with Gasteiger partial charge in [0.1, 0.15) is 0 Å². The highest BCUT2D eigenvalue weighted by molar-refractivity contribution is 7.98. The number of anilines is 1. The van der Waals surface area contributed by atoms with Gasteiger partial charge >= 0.3 is 0 Å². The molecule has 0 radical (unpaired) electrons. The van der Waals surface area contributed by atoms with E-state index >= 15 is 0 Å². The molecule has 0 spiro atoms. The molecule has 60 valence electrons. The van der Waals surface area contributed by atoms with Crippen LogP contribution in [-0.4, -0.2) is 18.4 Å². The van der Waals surface area contributed by atoms with Gasteiger partial charge in [0, 0.05) is 7.05 Å². The van der Waals surface area contributed by atoms with Crippen LogP contribution in [0.4, 0.5) is 5.69 Å². The summed E-state index contributed by atoms with van der Waals surface area (Å²) in [6.45, 7) is 0. The van der Waals surface area contributed by atoms with Gasteiger partial charge in [0.15, 0.2) is 5.75 Å². The number of thioether (sulfide) groups is 1. The molecule has 2 nitrogen and oxygen atoms in total. The third kappa shape index (κ3) is 1.60. The van der Waals surface area contributed by atoms with Crippen molar-refractivity contribution >= 4 is 17.4 Å². The summed E-state index contributed by atoms with van der Waals surface area (Å²) in [7, 11) is 1.79. The summed E-state index contributed by atoms with van der Waals surface area (Å²) in [6, 6.07) is 5.65. The van der Waals surface area contributed by atoms with Crippen LogP contribution in [0.1, 0.15) is 0 Å². The Bertz CT molecular complexity index is 228. The molecule has 0 saturated carbocycles. The lowest BCUT2D eigenvalue weighted by atomic mass is 10.3. The van der Waals surface area contributed by atoms with Gasteiger partial charge in [0.2, 0.25) is 0 Å². The van der Waals surface area contributed by atoms with Crippen LogP contribution >= 0.6 is 11.8 Å². The summed E-state index contributed by atoms with van der Waals surface area (Å²) in [5.41, 5.74) is 0.775. The van der Waals surface area contributed by atoms with E-state index in [9.17, 15) is 5.11 Å². The van der Waals surface area contributed by atoms with Crippen LogP contribution in [0.2, 0.25) is 0 Å². The largest absolute Gasteiger partial charge is 0.505 e. The first-order valence-electron chi connectivity index (χ1n) is 3.33. The molecule has 0 aliphatic rings. The molecule has 1 rings (SSSR count). The minimum absolute atomic E-state index is 0.336. The van der Waals surface area contributed by atoms with Gasteiger partial charge < -0.3 is 10.4 Å². The second kappa shape index (κ2) is 3.53. The molecule has 1 aromatic rings. The minimum atomic E-state index is 0.336. The van der Waals surface area contributed by atoms with Crippen molar-refractivity contribution in [1.82, 2.24) is 0 Å². The molecule has 2 N–H and O–H groups in total. The predicted octanol–water partition coefficient (Wildman–Crippen LogP) is 2.16. The SMILES string of the molecule is CNc1cccc(SC)c1O. The number of phenolic OH excluding ortho intramolecular Hbond substituents is 1. The van der Waals surface area contributed by atoms with Crippen LogP contribution < -0.4 is 5.32 Å². The van der Waals surface area contributed by atoms with Crippen LogP contribution in [0.15, 0.2) is 23.1 Å². The minimum Gasteiger partial charge on any atom is -0.505 e. The normalized spacial score (nSPS) is 9.64. The van der Waals surface area contributed by atoms with Crippen LogP contribution in [0, 0.1) is 0 Å². The molecule has 0 heterocycles. The Hall–Kier alpha value is -0.830. The second-order valence-corrected chi connectivity index (χ2v) is 2.95. The molecule has 3 heteroatoms. The lowest BCUT2D eigenvalue weighted by Crippen LogP contribution is -1.88. The molecule has 0 aliphatic heterocycles. The first-order valence-corrected chi connectivity index (χ1v) is 4.55. The monoisotopic (exact) mass is 169 g/mol. The van der Waals surface area contributed by atoms with Gasteiger partial charge in [-0.1, -0.05) is 6.07 Å². The average Bonchev–Trinajstić information content (AvgIpc) is 2.05. The van der Waals surface area contributed by atoms with E-state index in [-0.39, 0.29) is 0 Å². The molecule has 0 aromatic heterocycles. The molecule has 0 unspecified atom stereocenters. The van der Waals surface area contributed by atoms with E-state index in [1.165, 1.54) is 11.8 Å². The number of hydrogen-bond acceptors (Lipinski definition) is 3. The standard InChI is InChI=1S/C8H11NOS/c1-9-6-4-3-5-7(11-2)8(6)10/h3-5,9-10H,1-2H3. The fraction of sp³-hybridized carbons (Fsp3) is 0.250. The van der Waals surface area contributed by atoms with Gasteiger partial charge in [0.05, 0.1) is 10.6 Å². The molecular formula is C8H11NOS. The Morgan fingerprint density at radius 2 is 2.18 bits per heavy atom. The maximum absolute atomic E-state index is 9.51. The third-order valence-corrected chi connectivity index (χ3v) is 2.26. The van der Waals surface area contributed by atoms with Crippen molar-refractivity contribution in [2.45, 2.75) is 4.90 Å². The summed E-state index contributed by atoms with van der Waals surface area (Å²) in [6.07, 6.45) is 1.94. The van der Waals surface area contributed by atoms with E-state index in [0.29, 0.717) is 5.75 Å². The summed E-state index contributed by atoms with van der Waals surface area (Å²) < 4.78 is 0. The van der Waals surface area contributed by atoms with E-state index in [2.05, 4.69) is 5.32 Å². The molecule has 1 aromatic carbocycles. The van der Waals surface area contributed by atoms with Gasteiger partial charge in [-0.05, 0) is 18.4 Å². The van der Waals surface area contributed by atoms with Crippen LogP contribution in [0.25, 0.3) is 0 Å². The third-order valence-electron chi connectivity index (χ3n) is 1.49. The topological polar surface area (TPSA) is 32.3 Å². The van der Waals surface area contributed by atoms with E-state index < -0.39 is 0 Å². The summed E-state index contributed by atoms with van der Waals surface area (Å²) in [5.74, 6) is 0.336. The maximum atomic E-state index is 9.51. The zero-order valence-electron chi connectivity index (χ0n) is 6.59. The summed E-state index contributed by atoms with van der Waals surface area (Å²) >= 11 is 1.53. The quantitative estimate of drug-likeness (QED) is 0.525. The van der Waals surface area contributed by atoms with E-state index in [4.69, 9.17) is 0 Å². The molecule has 11 heavy (non-hydrogen) atoms. The van der Waals surface area contributed by atoms with E-state index in [1.54, 1.807) is 7.05 Å². The van der Waals surface area contributed by atoms with Crippen molar-refractivity contribution in [2.75, 3.05) is 18.6 Å². The van der Waals surface area contributed by atoms with Crippen molar-refractivity contribution in [1.29, 1.82) is 0 Å². The zero-order chi connectivity index (χ0) is 8.27. The van der Waals surface area contributed by atoms with Gasteiger partial charge in [-0.15, -0.1) is 11.8 Å². The zero-order valence-corrected chi connectivity index (χ0v) is 7.40. The first-order chi connectivity index (χ1) is 5.29. The fourth-order valence-electron chi connectivity index (χ4n) is 0.889. The lowest BCUT2D eigenvalue weighted by Gasteiger charge is -2.05. The molecule has 0 saturated heterocycles. The summed E-state index contributed by atoms with van der Waals surface area (Å²) in [5, 5.41) is 12.4. The predicted molar refractivity (Wildman–Crippen MR) is 49.4 cm³/mol. The second-order valence-electron chi connectivity index (χ2n) is 2.11. The van der Waals surface area contributed by atoms with Gasteiger partial charge in [-0.2, -0.15) is 0 Å². The van der Waals surface area contributed by atoms with Gasteiger partial charge in [0.25, 0.3) is 0 Å². The Kier molecular flexibility index (Phi) is 2.65. The molecule has 0 fully saturated rings. The highest BCUT2D eigenvalue weighted by Gasteiger charge is 2.02. The van der Waals surface area contributed by atoms with Crippen molar-refractivity contribution in [2.24, 2.45) is 0 Å². The van der Waals surface area contributed by atoms with Crippen LogP contribution in [0.5, 0.6) is 5.75 Å². The number of hydrogen-bond donors (Lipinski definition) is 2. The number of aromatic hydroxyl groups is 1. The van der Waals surface area contributed by atoms with Crippen molar-refractivity contribution < 1.29 is 5.11 Å². The Morgan fingerprint density at radius 3 is 2.73 bits per heavy atom. The number of rotatable bonds is 2. The Morgan fingerprint density at radius 1 is 1.45 bits per heavy atom. The maximum Gasteiger partial charge on any atom is 0.152 e. The highest BCUT2D eigenvalue weighted by atomic mass is 32.2. The van der Waals surface area contributed by atoms with E-state index in [1.807, 2.05) is 24.5 Å². The number of benzene rings is 1. The Labute approximate surface area is 70.6 Å². The fourth-order valence-corrected chi connectivity index (χ4v) is 1.41. The van der Waals surface area contributed by atoms with Crippen molar-refractivity contribution in [3.8, 4) is 5.75 Å². The highest BCUT2D eigenvalue weighted by Crippen LogP contribution is 2.32. The molecule has 0 aliphatic carbocycles. The average molecular weight is 169 g/mol. The lowest BCUT2D eigenvalue weighted by molar-refractivity contribution is 0.465. The molecule has 0 amide bonds. The van der Waals surface area contributed by atoms with Crippen molar-refractivity contribution in [3.05, 3.63) is 18.2 Å². The summed E-state index contributed by atoms with van der Waals surface area (Å²) in [4.78, 5) is 0.900. The first kappa shape index (κ1) is 8.27. The van der Waals surface area contributed by atoms with Crippen LogP contribution in [-0.2, 0) is 0 Å². The molecular weight excluding hydrogens is 158 g/mol. The van der Waals surface area contributed by atoms with Crippen molar-refractivity contribution in [3.63, 3.8) is 0 Å². The van der Waals surface area contributed by atoms with Crippen LogP contribution in [0.3, 0.4) is 0 Å². The van der Waals surface area contributed by atoms with Gasteiger partial charge in [-0.25, -0.2) is 0 Å². The van der Waals surface area contributed by atoms with E-state index in [0.717, 1.165) is 10.6 Å². The Balaban J connectivity index is 3.10. The number of nitrogens with one attached hydrogen (secondary N) is 1. The van der Waals surface area contributed by atoms with Gasteiger partial charge in [-0.3, -0.25) is 0 Å². The molecule has 0 bridgehead atoms. The smallest absolute Gasteiger partial charge is 0.152 e. The number of phenols is 1. The molecule has 0 atom stereocenters.